The van der Waals surface area contributed by atoms with Gasteiger partial charge in [-0.2, -0.15) is 0 Å². The number of β-amino-alcohol motifs (C(OH)–C–C–N with tert-alkyl or cyclic N) is 1. The SMILES string of the molecule is COc1cc2c(cc1OC)CN(CC1(O)CCCC1)CC2. The third-order valence-electron chi connectivity index (χ3n) is 4.85. The molecule has 0 amide bonds. The van der Waals surface area contributed by atoms with Gasteiger partial charge in [-0.05, 0) is 42.5 Å². The zero-order valence-electron chi connectivity index (χ0n) is 13.0. The average molecular weight is 291 g/mol. The van der Waals surface area contributed by atoms with Crippen LogP contribution in [0.15, 0.2) is 12.1 Å². The van der Waals surface area contributed by atoms with Crippen molar-refractivity contribution in [3.63, 3.8) is 0 Å². The van der Waals surface area contributed by atoms with Crippen LogP contribution in [0, 0.1) is 0 Å². The van der Waals surface area contributed by atoms with Crippen LogP contribution in [-0.4, -0.2) is 42.9 Å². The lowest BCUT2D eigenvalue weighted by atomic mass is 9.96. The summed E-state index contributed by atoms with van der Waals surface area (Å²) in [7, 11) is 3.35. The fourth-order valence-electron chi connectivity index (χ4n) is 3.68. The largest absolute Gasteiger partial charge is 0.493 e. The predicted molar refractivity (Wildman–Crippen MR) is 81.9 cm³/mol. The second kappa shape index (κ2) is 5.85. The van der Waals surface area contributed by atoms with Crippen LogP contribution in [-0.2, 0) is 13.0 Å². The summed E-state index contributed by atoms with van der Waals surface area (Å²) in [5, 5.41) is 10.6. The summed E-state index contributed by atoms with van der Waals surface area (Å²) in [5.74, 6) is 1.59. The summed E-state index contributed by atoms with van der Waals surface area (Å²) in [5.41, 5.74) is 2.16. The van der Waals surface area contributed by atoms with Crippen molar-refractivity contribution in [2.45, 2.75) is 44.2 Å². The second-order valence-electron chi connectivity index (χ2n) is 6.37. The summed E-state index contributed by atoms with van der Waals surface area (Å²) in [6, 6.07) is 4.18. The average Bonchev–Trinajstić information content (AvgIpc) is 2.92. The van der Waals surface area contributed by atoms with E-state index in [0.717, 1.165) is 63.2 Å². The van der Waals surface area contributed by atoms with E-state index in [0.29, 0.717) is 0 Å². The third kappa shape index (κ3) is 3.01. The normalized spacial score (nSPS) is 21.1. The van der Waals surface area contributed by atoms with Crippen molar-refractivity contribution < 1.29 is 14.6 Å². The fourth-order valence-corrected chi connectivity index (χ4v) is 3.68. The first-order valence-corrected chi connectivity index (χ1v) is 7.82. The van der Waals surface area contributed by atoms with E-state index in [1.165, 1.54) is 11.1 Å². The molecule has 1 fully saturated rings. The van der Waals surface area contributed by atoms with Crippen molar-refractivity contribution in [1.82, 2.24) is 4.90 Å². The molecule has 0 spiro atoms. The van der Waals surface area contributed by atoms with E-state index in [1.807, 2.05) is 0 Å². The van der Waals surface area contributed by atoms with Crippen molar-refractivity contribution >= 4 is 0 Å². The molecular weight excluding hydrogens is 266 g/mol. The maximum absolute atomic E-state index is 10.6. The van der Waals surface area contributed by atoms with Gasteiger partial charge < -0.3 is 14.6 Å². The van der Waals surface area contributed by atoms with E-state index in [9.17, 15) is 5.11 Å². The molecule has 0 radical (unpaired) electrons. The van der Waals surface area contributed by atoms with E-state index >= 15 is 0 Å². The Morgan fingerprint density at radius 2 is 1.71 bits per heavy atom. The number of fused-ring (bicyclic) bond motifs is 1. The van der Waals surface area contributed by atoms with Crippen LogP contribution in [0.4, 0.5) is 0 Å². The zero-order valence-corrected chi connectivity index (χ0v) is 13.0. The van der Waals surface area contributed by atoms with E-state index in [-0.39, 0.29) is 0 Å². The lowest BCUT2D eigenvalue weighted by molar-refractivity contribution is 0.00555. The number of benzene rings is 1. The van der Waals surface area contributed by atoms with Gasteiger partial charge in [-0.3, -0.25) is 4.90 Å². The molecule has 116 valence electrons. The van der Waals surface area contributed by atoms with Crippen molar-refractivity contribution in [2.24, 2.45) is 0 Å². The molecule has 1 aromatic carbocycles. The molecule has 4 nitrogen and oxygen atoms in total. The van der Waals surface area contributed by atoms with E-state index in [4.69, 9.17) is 9.47 Å². The van der Waals surface area contributed by atoms with Crippen LogP contribution < -0.4 is 9.47 Å². The lowest BCUT2D eigenvalue weighted by Crippen LogP contribution is -2.43. The van der Waals surface area contributed by atoms with Gasteiger partial charge in [0.25, 0.3) is 0 Å². The van der Waals surface area contributed by atoms with Crippen LogP contribution in [0.5, 0.6) is 11.5 Å². The molecule has 3 rings (SSSR count). The summed E-state index contributed by atoms with van der Waals surface area (Å²) in [6.07, 6.45) is 5.22. The monoisotopic (exact) mass is 291 g/mol. The first kappa shape index (κ1) is 14.7. The molecule has 1 N–H and O–H groups in total. The molecule has 1 aliphatic carbocycles. The molecule has 1 aliphatic heterocycles. The van der Waals surface area contributed by atoms with Gasteiger partial charge in [-0.1, -0.05) is 12.8 Å². The molecule has 0 bridgehead atoms. The van der Waals surface area contributed by atoms with Gasteiger partial charge in [0.05, 0.1) is 19.8 Å². The van der Waals surface area contributed by atoms with Crippen molar-refractivity contribution in [2.75, 3.05) is 27.3 Å². The van der Waals surface area contributed by atoms with Gasteiger partial charge >= 0.3 is 0 Å². The summed E-state index contributed by atoms with van der Waals surface area (Å²) in [6.45, 7) is 2.68. The summed E-state index contributed by atoms with van der Waals surface area (Å²) in [4.78, 5) is 2.37. The molecule has 1 heterocycles. The highest BCUT2D eigenvalue weighted by atomic mass is 16.5. The third-order valence-corrected chi connectivity index (χ3v) is 4.85. The van der Waals surface area contributed by atoms with Crippen LogP contribution in [0.3, 0.4) is 0 Å². The number of ether oxygens (including phenoxy) is 2. The smallest absolute Gasteiger partial charge is 0.161 e. The number of aliphatic hydroxyl groups is 1. The standard InChI is InChI=1S/C17H25NO3/c1-20-15-9-13-5-8-18(11-14(13)10-16(15)21-2)12-17(19)6-3-4-7-17/h9-10,19H,3-8,11-12H2,1-2H3. The van der Waals surface area contributed by atoms with Gasteiger partial charge in [0.15, 0.2) is 11.5 Å². The molecule has 0 aromatic heterocycles. The summed E-state index contributed by atoms with van der Waals surface area (Å²) < 4.78 is 10.8. The topological polar surface area (TPSA) is 41.9 Å². The molecule has 0 atom stereocenters. The molecule has 0 saturated heterocycles. The molecule has 21 heavy (non-hydrogen) atoms. The van der Waals surface area contributed by atoms with Gasteiger partial charge in [0.2, 0.25) is 0 Å². The van der Waals surface area contributed by atoms with Crippen LogP contribution >= 0.6 is 0 Å². The molecule has 2 aliphatic rings. The molecule has 4 heteroatoms. The first-order valence-electron chi connectivity index (χ1n) is 7.82. The quantitative estimate of drug-likeness (QED) is 0.925. The van der Waals surface area contributed by atoms with Crippen molar-refractivity contribution in [1.29, 1.82) is 0 Å². The summed E-state index contributed by atoms with van der Waals surface area (Å²) >= 11 is 0. The number of nitrogens with zero attached hydrogens (tertiary/aromatic N) is 1. The zero-order chi connectivity index (χ0) is 14.9. The Morgan fingerprint density at radius 3 is 2.33 bits per heavy atom. The first-order chi connectivity index (χ1) is 10.1. The van der Waals surface area contributed by atoms with Crippen molar-refractivity contribution in [3.05, 3.63) is 23.3 Å². The van der Waals surface area contributed by atoms with Gasteiger partial charge in [0, 0.05) is 19.6 Å². The highest BCUT2D eigenvalue weighted by Crippen LogP contribution is 2.35. The Bertz CT molecular complexity index is 509. The molecule has 0 unspecified atom stereocenters. The number of hydrogen-bond donors (Lipinski definition) is 1. The Kier molecular flexibility index (Phi) is 4.09. The lowest BCUT2D eigenvalue weighted by Gasteiger charge is -2.35. The van der Waals surface area contributed by atoms with Crippen molar-refractivity contribution in [3.8, 4) is 11.5 Å². The minimum absolute atomic E-state index is 0.464. The fraction of sp³-hybridized carbons (Fsp3) is 0.647. The highest BCUT2D eigenvalue weighted by molar-refractivity contribution is 5.48. The highest BCUT2D eigenvalue weighted by Gasteiger charge is 2.34. The second-order valence-corrected chi connectivity index (χ2v) is 6.37. The molecule has 1 saturated carbocycles. The van der Waals surface area contributed by atoms with Gasteiger partial charge in [-0.15, -0.1) is 0 Å². The van der Waals surface area contributed by atoms with Gasteiger partial charge in [-0.25, -0.2) is 0 Å². The van der Waals surface area contributed by atoms with E-state index < -0.39 is 5.60 Å². The minimum Gasteiger partial charge on any atom is -0.493 e. The van der Waals surface area contributed by atoms with Crippen LogP contribution in [0.1, 0.15) is 36.8 Å². The Morgan fingerprint density at radius 1 is 1.10 bits per heavy atom. The van der Waals surface area contributed by atoms with Crippen LogP contribution in [0.2, 0.25) is 0 Å². The Hall–Kier alpha value is -1.26. The minimum atomic E-state index is -0.464. The van der Waals surface area contributed by atoms with E-state index in [2.05, 4.69) is 17.0 Å². The van der Waals surface area contributed by atoms with Crippen LogP contribution in [0.25, 0.3) is 0 Å². The number of methoxy groups -OCH3 is 2. The number of hydrogen-bond acceptors (Lipinski definition) is 4. The Balaban J connectivity index is 1.75. The molecular formula is C17H25NO3. The van der Waals surface area contributed by atoms with E-state index in [1.54, 1.807) is 14.2 Å². The number of rotatable bonds is 4. The Labute approximate surface area is 126 Å². The van der Waals surface area contributed by atoms with Gasteiger partial charge in [0.1, 0.15) is 0 Å². The molecule has 1 aromatic rings. The maximum Gasteiger partial charge on any atom is 0.161 e. The maximum atomic E-state index is 10.6. The predicted octanol–water partition coefficient (Wildman–Crippen LogP) is 2.37.